The van der Waals surface area contributed by atoms with E-state index in [4.69, 9.17) is 28.3 Å². The number of carboxylic acids is 1. The highest BCUT2D eigenvalue weighted by molar-refractivity contribution is 6.36. The number of benzene rings is 2. The predicted octanol–water partition coefficient (Wildman–Crippen LogP) is 4.43. The predicted molar refractivity (Wildman–Crippen MR) is 73.2 cm³/mol. The molecule has 0 saturated heterocycles. The van der Waals surface area contributed by atoms with Gasteiger partial charge in [-0.3, -0.25) is 4.79 Å². The molecule has 0 amide bonds. The van der Waals surface area contributed by atoms with E-state index in [0.717, 1.165) is 0 Å². The van der Waals surface area contributed by atoms with Crippen LogP contribution in [0, 0.1) is 5.82 Å². The molecule has 2 aromatic rings. The van der Waals surface area contributed by atoms with Crippen LogP contribution in [0.15, 0.2) is 36.4 Å². The summed E-state index contributed by atoms with van der Waals surface area (Å²) < 4.78 is 14.0. The first-order valence-corrected chi connectivity index (χ1v) is 6.19. The standard InChI is InChI=1S/C14H9Cl2FO2/c15-9-4-5-10(11(16)7-9)14-8(6-13(18)19)2-1-3-12(14)17/h1-5,7H,6H2,(H,18,19). The minimum Gasteiger partial charge on any atom is -0.481 e. The van der Waals surface area contributed by atoms with Crippen LogP contribution < -0.4 is 0 Å². The van der Waals surface area contributed by atoms with Crippen LogP contribution in [0.25, 0.3) is 11.1 Å². The van der Waals surface area contributed by atoms with Crippen molar-refractivity contribution in [1.29, 1.82) is 0 Å². The smallest absolute Gasteiger partial charge is 0.307 e. The van der Waals surface area contributed by atoms with E-state index < -0.39 is 11.8 Å². The van der Waals surface area contributed by atoms with Gasteiger partial charge in [-0.2, -0.15) is 0 Å². The summed E-state index contributed by atoms with van der Waals surface area (Å²) in [5, 5.41) is 9.58. The molecule has 0 atom stereocenters. The maximum Gasteiger partial charge on any atom is 0.307 e. The van der Waals surface area contributed by atoms with Gasteiger partial charge >= 0.3 is 5.97 Å². The van der Waals surface area contributed by atoms with E-state index in [1.807, 2.05) is 0 Å². The third-order valence-electron chi connectivity index (χ3n) is 2.64. The third-order valence-corrected chi connectivity index (χ3v) is 3.19. The van der Waals surface area contributed by atoms with Crippen molar-refractivity contribution >= 4 is 29.2 Å². The van der Waals surface area contributed by atoms with Gasteiger partial charge in [0.15, 0.2) is 0 Å². The van der Waals surface area contributed by atoms with Gasteiger partial charge < -0.3 is 5.11 Å². The molecule has 0 aliphatic carbocycles. The minimum absolute atomic E-state index is 0.201. The Morgan fingerprint density at radius 3 is 2.58 bits per heavy atom. The lowest BCUT2D eigenvalue weighted by Crippen LogP contribution is -2.03. The summed E-state index contributed by atoms with van der Waals surface area (Å²) in [5.41, 5.74) is 1.00. The quantitative estimate of drug-likeness (QED) is 0.910. The normalized spacial score (nSPS) is 10.5. The molecule has 0 aliphatic heterocycles. The van der Waals surface area contributed by atoms with Crippen molar-refractivity contribution < 1.29 is 14.3 Å². The van der Waals surface area contributed by atoms with Crippen molar-refractivity contribution in [3.63, 3.8) is 0 Å². The highest BCUT2D eigenvalue weighted by Gasteiger charge is 2.15. The molecule has 0 radical (unpaired) electrons. The topological polar surface area (TPSA) is 37.3 Å². The van der Waals surface area contributed by atoms with Crippen molar-refractivity contribution in [2.45, 2.75) is 6.42 Å². The number of hydrogen-bond acceptors (Lipinski definition) is 1. The number of carboxylic acid groups (broad SMARTS) is 1. The van der Waals surface area contributed by atoms with E-state index >= 15 is 0 Å². The lowest BCUT2D eigenvalue weighted by Gasteiger charge is -2.11. The molecule has 2 nitrogen and oxygen atoms in total. The largest absolute Gasteiger partial charge is 0.481 e. The highest BCUT2D eigenvalue weighted by Crippen LogP contribution is 2.34. The van der Waals surface area contributed by atoms with Gasteiger partial charge in [-0.25, -0.2) is 4.39 Å². The molecule has 2 rings (SSSR count). The van der Waals surface area contributed by atoms with Crippen LogP contribution in [-0.2, 0) is 11.2 Å². The molecule has 0 aromatic heterocycles. The molecule has 98 valence electrons. The van der Waals surface area contributed by atoms with Crippen LogP contribution in [0.4, 0.5) is 4.39 Å². The van der Waals surface area contributed by atoms with Gasteiger partial charge in [-0.1, -0.05) is 41.4 Å². The molecule has 5 heteroatoms. The lowest BCUT2D eigenvalue weighted by molar-refractivity contribution is -0.136. The Balaban J connectivity index is 2.63. The summed E-state index contributed by atoms with van der Waals surface area (Å²) in [4.78, 5) is 10.8. The second kappa shape index (κ2) is 5.59. The Labute approximate surface area is 119 Å². The SMILES string of the molecule is O=C(O)Cc1cccc(F)c1-c1ccc(Cl)cc1Cl. The van der Waals surface area contributed by atoms with E-state index in [1.165, 1.54) is 18.2 Å². The molecular weight excluding hydrogens is 290 g/mol. The van der Waals surface area contributed by atoms with E-state index in [1.54, 1.807) is 18.2 Å². The first-order valence-electron chi connectivity index (χ1n) is 5.43. The second-order valence-electron chi connectivity index (χ2n) is 3.97. The minimum atomic E-state index is -1.03. The Morgan fingerprint density at radius 2 is 1.95 bits per heavy atom. The van der Waals surface area contributed by atoms with Gasteiger partial charge in [0.2, 0.25) is 0 Å². The number of halogens is 3. The van der Waals surface area contributed by atoms with Crippen LogP contribution in [0.1, 0.15) is 5.56 Å². The average Bonchev–Trinajstić information content (AvgIpc) is 2.30. The average molecular weight is 299 g/mol. The van der Waals surface area contributed by atoms with Gasteiger partial charge in [0.1, 0.15) is 5.82 Å². The maximum atomic E-state index is 14.0. The summed E-state index contributed by atoms with van der Waals surface area (Å²) in [7, 11) is 0. The first kappa shape index (κ1) is 13.8. The van der Waals surface area contributed by atoms with Crippen LogP contribution in [0.3, 0.4) is 0 Å². The fraction of sp³-hybridized carbons (Fsp3) is 0.0714. The molecule has 0 unspecified atom stereocenters. The summed E-state index contributed by atoms with van der Waals surface area (Å²) in [5.74, 6) is -1.54. The second-order valence-corrected chi connectivity index (χ2v) is 4.81. The lowest BCUT2D eigenvalue weighted by atomic mass is 9.97. The van der Waals surface area contributed by atoms with Crippen LogP contribution in [0.2, 0.25) is 10.0 Å². The molecule has 0 aliphatic rings. The van der Waals surface area contributed by atoms with Crippen LogP contribution in [-0.4, -0.2) is 11.1 Å². The number of carbonyl (C=O) groups is 1. The number of rotatable bonds is 3. The van der Waals surface area contributed by atoms with Crippen LogP contribution >= 0.6 is 23.2 Å². The zero-order valence-corrected chi connectivity index (χ0v) is 11.2. The zero-order chi connectivity index (χ0) is 14.0. The van der Waals surface area contributed by atoms with E-state index in [2.05, 4.69) is 0 Å². The Morgan fingerprint density at radius 1 is 1.21 bits per heavy atom. The molecule has 2 aromatic carbocycles. The van der Waals surface area contributed by atoms with Crippen molar-refractivity contribution in [2.24, 2.45) is 0 Å². The first-order chi connectivity index (χ1) is 8.99. The molecule has 1 N–H and O–H groups in total. The van der Waals surface area contributed by atoms with Crippen LogP contribution in [0.5, 0.6) is 0 Å². The molecule has 0 spiro atoms. The number of hydrogen-bond donors (Lipinski definition) is 1. The molecule has 0 saturated carbocycles. The molecular formula is C14H9Cl2FO2. The molecule has 0 fully saturated rings. The Kier molecular flexibility index (Phi) is 4.08. The fourth-order valence-corrected chi connectivity index (χ4v) is 2.38. The van der Waals surface area contributed by atoms with Crippen molar-refractivity contribution in [1.82, 2.24) is 0 Å². The summed E-state index contributed by atoms with van der Waals surface area (Å²) in [6, 6.07) is 8.97. The highest BCUT2D eigenvalue weighted by atomic mass is 35.5. The van der Waals surface area contributed by atoms with Gasteiger partial charge in [-0.15, -0.1) is 0 Å². The van der Waals surface area contributed by atoms with E-state index in [-0.39, 0.29) is 17.0 Å². The fourth-order valence-electron chi connectivity index (χ4n) is 1.87. The van der Waals surface area contributed by atoms with E-state index in [9.17, 15) is 9.18 Å². The Hall–Kier alpha value is -1.58. The van der Waals surface area contributed by atoms with Crippen molar-refractivity contribution in [3.05, 3.63) is 57.8 Å². The maximum absolute atomic E-state index is 14.0. The van der Waals surface area contributed by atoms with Crippen molar-refractivity contribution in [2.75, 3.05) is 0 Å². The molecule has 0 bridgehead atoms. The van der Waals surface area contributed by atoms with Gasteiger partial charge in [0.05, 0.1) is 6.42 Å². The van der Waals surface area contributed by atoms with Gasteiger partial charge in [0.25, 0.3) is 0 Å². The van der Waals surface area contributed by atoms with Crippen molar-refractivity contribution in [3.8, 4) is 11.1 Å². The third kappa shape index (κ3) is 3.06. The zero-order valence-electron chi connectivity index (χ0n) is 9.66. The number of aliphatic carboxylic acids is 1. The van der Waals surface area contributed by atoms with E-state index in [0.29, 0.717) is 16.1 Å². The monoisotopic (exact) mass is 298 g/mol. The van der Waals surface area contributed by atoms with Gasteiger partial charge in [-0.05, 0) is 23.8 Å². The Bertz CT molecular complexity index is 641. The summed E-state index contributed by atoms with van der Waals surface area (Å²) in [6.07, 6.45) is -0.272. The summed E-state index contributed by atoms with van der Waals surface area (Å²) >= 11 is 11.8. The summed E-state index contributed by atoms with van der Waals surface area (Å²) in [6.45, 7) is 0. The molecule has 19 heavy (non-hydrogen) atoms. The van der Waals surface area contributed by atoms with Gasteiger partial charge in [0, 0.05) is 21.2 Å². The molecule has 0 heterocycles.